The fourth-order valence-corrected chi connectivity index (χ4v) is 2.50. The molecule has 0 radical (unpaired) electrons. The lowest BCUT2D eigenvalue weighted by atomic mass is 10.0. The summed E-state index contributed by atoms with van der Waals surface area (Å²) in [6.45, 7) is 14.5. The smallest absolute Gasteiger partial charge is 0.224 e. The third kappa shape index (κ3) is 2.40. The summed E-state index contributed by atoms with van der Waals surface area (Å²) in [7, 11) is 0. The molecule has 94 valence electrons. The average Bonchev–Trinajstić information content (AvgIpc) is 2.51. The van der Waals surface area contributed by atoms with Crippen molar-refractivity contribution >= 4 is 5.91 Å². The molecule has 1 aliphatic rings. The predicted octanol–water partition coefficient (Wildman–Crippen LogP) is 1.78. The van der Waals surface area contributed by atoms with Crippen LogP contribution in [0, 0.1) is 16.7 Å². The van der Waals surface area contributed by atoms with Gasteiger partial charge in [0.05, 0.1) is 0 Å². The van der Waals surface area contributed by atoms with E-state index >= 15 is 0 Å². The van der Waals surface area contributed by atoms with Crippen LogP contribution in [0.4, 0.5) is 0 Å². The SMILES string of the molecule is CC(C)NCCNC(=O)C1C(C)(C)C1(C)C. The van der Waals surface area contributed by atoms with Gasteiger partial charge in [0.1, 0.15) is 0 Å². The van der Waals surface area contributed by atoms with E-state index < -0.39 is 0 Å². The molecule has 3 nitrogen and oxygen atoms in total. The summed E-state index contributed by atoms with van der Waals surface area (Å²) >= 11 is 0. The van der Waals surface area contributed by atoms with Gasteiger partial charge in [0.25, 0.3) is 0 Å². The lowest BCUT2D eigenvalue weighted by molar-refractivity contribution is -0.123. The van der Waals surface area contributed by atoms with E-state index in [4.69, 9.17) is 0 Å². The van der Waals surface area contributed by atoms with Crippen LogP contribution in [-0.4, -0.2) is 25.0 Å². The van der Waals surface area contributed by atoms with Crippen LogP contribution >= 0.6 is 0 Å². The lowest BCUT2D eigenvalue weighted by Crippen LogP contribution is -2.36. The zero-order valence-electron chi connectivity index (χ0n) is 11.5. The lowest BCUT2D eigenvalue weighted by Gasteiger charge is -2.09. The summed E-state index contributed by atoms with van der Waals surface area (Å²) in [6.07, 6.45) is 0. The van der Waals surface area contributed by atoms with E-state index in [1.165, 1.54) is 0 Å². The van der Waals surface area contributed by atoms with E-state index in [0.29, 0.717) is 6.04 Å². The Morgan fingerprint density at radius 3 is 2.00 bits per heavy atom. The van der Waals surface area contributed by atoms with Crippen molar-refractivity contribution in [2.24, 2.45) is 16.7 Å². The standard InChI is InChI=1S/C13H26N2O/c1-9(2)14-7-8-15-11(16)10-12(3,4)13(10,5)6/h9-10,14H,7-8H2,1-6H3,(H,15,16). The second-order valence-electron chi connectivity index (χ2n) is 6.28. The Hall–Kier alpha value is -0.570. The minimum Gasteiger partial charge on any atom is -0.355 e. The highest BCUT2D eigenvalue weighted by Crippen LogP contribution is 2.68. The molecule has 1 saturated carbocycles. The molecule has 2 N–H and O–H groups in total. The first-order chi connectivity index (χ1) is 7.21. The molecule has 1 aliphatic carbocycles. The fraction of sp³-hybridized carbons (Fsp3) is 0.923. The van der Waals surface area contributed by atoms with Gasteiger partial charge >= 0.3 is 0 Å². The van der Waals surface area contributed by atoms with Gasteiger partial charge in [-0.15, -0.1) is 0 Å². The topological polar surface area (TPSA) is 41.1 Å². The minimum absolute atomic E-state index is 0.141. The van der Waals surface area contributed by atoms with E-state index in [9.17, 15) is 4.79 Å². The number of carbonyl (C=O) groups excluding carboxylic acids is 1. The van der Waals surface area contributed by atoms with Crippen LogP contribution in [0.25, 0.3) is 0 Å². The van der Waals surface area contributed by atoms with Crippen molar-refractivity contribution < 1.29 is 4.79 Å². The van der Waals surface area contributed by atoms with E-state index in [1.54, 1.807) is 0 Å². The van der Waals surface area contributed by atoms with Gasteiger partial charge in [0.15, 0.2) is 0 Å². The molecule has 0 aromatic rings. The Labute approximate surface area is 99.4 Å². The Morgan fingerprint density at radius 2 is 1.62 bits per heavy atom. The quantitative estimate of drug-likeness (QED) is 0.702. The number of rotatable bonds is 5. The molecule has 1 amide bonds. The summed E-state index contributed by atoms with van der Waals surface area (Å²) in [5.74, 6) is 0.375. The summed E-state index contributed by atoms with van der Waals surface area (Å²) in [5.41, 5.74) is 0.283. The van der Waals surface area contributed by atoms with Crippen LogP contribution in [0.1, 0.15) is 41.5 Å². The molecule has 0 aromatic heterocycles. The summed E-state index contributed by atoms with van der Waals surface area (Å²) in [5, 5.41) is 6.30. The predicted molar refractivity (Wildman–Crippen MR) is 67.2 cm³/mol. The largest absolute Gasteiger partial charge is 0.355 e. The average molecular weight is 226 g/mol. The number of carbonyl (C=O) groups is 1. The summed E-state index contributed by atoms with van der Waals surface area (Å²) < 4.78 is 0. The monoisotopic (exact) mass is 226 g/mol. The first-order valence-corrected chi connectivity index (χ1v) is 6.22. The summed E-state index contributed by atoms with van der Waals surface area (Å²) in [4.78, 5) is 11.9. The molecule has 1 rings (SSSR count). The zero-order chi connectivity index (χ0) is 12.6. The van der Waals surface area contributed by atoms with Gasteiger partial charge < -0.3 is 10.6 Å². The molecular formula is C13H26N2O. The summed E-state index contributed by atoms with van der Waals surface area (Å²) in [6, 6.07) is 0.478. The molecule has 16 heavy (non-hydrogen) atoms. The highest BCUT2D eigenvalue weighted by molar-refractivity contribution is 5.84. The van der Waals surface area contributed by atoms with Crippen LogP contribution in [0.3, 0.4) is 0 Å². The third-order valence-electron chi connectivity index (χ3n) is 4.26. The highest BCUT2D eigenvalue weighted by atomic mass is 16.2. The number of nitrogens with one attached hydrogen (secondary N) is 2. The molecule has 0 saturated heterocycles. The van der Waals surface area contributed by atoms with Gasteiger partial charge in [0, 0.05) is 25.0 Å². The van der Waals surface area contributed by atoms with Crippen LogP contribution < -0.4 is 10.6 Å². The molecular weight excluding hydrogens is 200 g/mol. The molecule has 1 fully saturated rings. The zero-order valence-corrected chi connectivity index (χ0v) is 11.5. The van der Waals surface area contributed by atoms with Crippen LogP contribution in [0.5, 0.6) is 0 Å². The second-order valence-corrected chi connectivity index (χ2v) is 6.28. The third-order valence-corrected chi connectivity index (χ3v) is 4.26. The maximum atomic E-state index is 11.9. The molecule has 0 spiro atoms. The van der Waals surface area contributed by atoms with Gasteiger partial charge in [0.2, 0.25) is 5.91 Å². The molecule has 3 heteroatoms. The van der Waals surface area contributed by atoms with Crippen LogP contribution in [0.2, 0.25) is 0 Å². The normalized spacial score (nSPS) is 22.2. The Morgan fingerprint density at radius 1 is 1.12 bits per heavy atom. The minimum atomic E-state index is 0.141. The van der Waals surface area contributed by atoms with Crippen molar-refractivity contribution in [3.05, 3.63) is 0 Å². The van der Waals surface area contributed by atoms with E-state index in [1.807, 2.05) is 0 Å². The molecule has 0 aromatic carbocycles. The fourth-order valence-electron chi connectivity index (χ4n) is 2.50. The van der Waals surface area contributed by atoms with Crippen molar-refractivity contribution in [2.75, 3.05) is 13.1 Å². The molecule has 0 aliphatic heterocycles. The van der Waals surface area contributed by atoms with Crippen molar-refractivity contribution in [3.63, 3.8) is 0 Å². The van der Waals surface area contributed by atoms with Crippen molar-refractivity contribution in [2.45, 2.75) is 47.6 Å². The van der Waals surface area contributed by atoms with E-state index in [2.05, 4.69) is 52.2 Å². The number of amides is 1. The van der Waals surface area contributed by atoms with Gasteiger partial charge in [-0.3, -0.25) is 4.79 Å². The Balaban J connectivity index is 2.28. The highest BCUT2D eigenvalue weighted by Gasteiger charge is 2.68. The van der Waals surface area contributed by atoms with E-state index in [-0.39, 0.29) is 22.7 Å². The Kier molecular flexibility index (Phi) is 3.68. The first-order valence-electron chi connectivity index (χ1n) is 6.22. The Bertz CT molecular complexity index is 255. The van der Waals surface area contributed by atoms with Gasteiger partial charge in [-0.25, -0.2) is 0 Å². The van der Waals surface area contributed by atoms with Crippen LogP contribution in [-0.2, 0) is 4.79 Å². The molecule has 0 unspecified atom stereocenters. The maximum Gasteiger partial charge on any atom is 0.224 e. The van der Waals surface area contributed by atoms with Crippen LogP contribution in [0.15, 0.2) is 0 Å². The van der Waals surface area contributed by atoms with E-state index in [0.717, 1.165) is 13.1 Å². The van der Waals surface area contributed by atoms with Crippen molar-refractivity contribution in [1.82, 2.24) is 10.6 Å². The maximum absolute atomic E-state index is 11.9. The van der Waals surface area contributed by atoms with Gasteiger partial charge in [-0.1, -0.05) is 41.5 Å². The van der Waals surface area contributed by atoms with Gasteiger partial charge in [-0.05, 0) is 10.8 Å². The number of hydrogen-bond donors (Lipinski definition) is 2. The first kappa shape index (κ1) is 13.5. The van der Waals surface area contributed by atoms with Crippen molar-refractivity contribution in [3.8, 4) is 0 Å². The second kappa shape index (κ2) is 4.36. The molecule has 0 heterocycles. The molecule has 0 bridgehead atoms. The number of hydrogen-bond acceptors (Lipinski definition) is 2. The molecule has 0 atom stereocenters. The van der Waals surface area contributed by atoms with Gasteiger partial charge in [-0.2, -0.15) is 0 Å². The van der Waals surface area contributed by atoms with Crippen molar-refractivity contribution in [1.29, 1.82) is 0 Å².